The van der Waals surface area contributed by atoms with E-state index in [1.165, 1.54) is 28.4 Å². The smallest absolute Gasteiger partial charge is 0.267 e. The van der Waals surface area contributed by atoms with Gasteiger partial charge in [0.2, 0.25) is 5.91 Å². The largest absolute Gasteiger partial charge is 0.368 e. The van der Waals surface area contributed by atoms with Gasteiger partial charge >= 0.3 is 0 Å². The maximum absolute atomic E-state index is 13.2. The van der Waals surface area contributed by atoms with Crippen LogP contribution in [-0.2, 0) is 11.3 Å². The van der Waals surface area contributed by atoms with Gasteiger partial charge in [0.25, 0.3) is 5.56 Å². The molecule has 3 aromatic rings. The number of benzene rings is 2. The van der Waals surface area contributed by atoms with Crippen LogP contribution < -0.4 is 10.5 Å². The second-order valence-electron chi connectivity index (χ2n) is 7.43. The Morgan fingerprint density at radius 1 is 1.00 bits per heavy atom. The molecule has 154 valence electrons. The van der Waals surface area contributed by atoms with Gasteiger partial charge in [-0.1, -0.05) is 12.1 Å². The van der Waals surface area contributed by atoms with E-state index < -0.39 is 0 Å². The van der Waals surface area contributed by atoms with Crippen LogP contribution in [0.3, 0.4) is 0 Å². The normalized spacial score (nSPS) is 14.1. The van der Waals surface area contributed by atoms with Crippen LogP contribution in [0.4, 0.5) is 10.1 Å². The van der Waals surface area contributed by atoms with Gasteiger partial charge in [-0.3, -0.25) is 9.59 Å². The fourth-order valence-electron chi connectivity index (χ4n) is 3.60. The predicted molar refractivity (Wildman–Crippen MR) is 114 cm³/mol. The molecule has 6 nitrogen and oxygen atoms in total. The van der Waals surface area contributed by atoms with Gasteiger partial charge < -0.3 is 9.80 Å². The number of aromatic nitrogens is 2. The molecular formula is C23H23FN4O2. The molecule has 0 N–H and O–H groups in total. The van der Waals surface area contributed by atoms with Gasteiger partial charge in [0, 0.05) is 43.5 Å². The van der Waals surface area contributed by atoms with Gasteiger partial charge in [-0.15, -0.1) is 0 Å². The van der Waals surface area contributed by atoms with Gasteiger partial charge in [-0.05, 0) is 55.0 Å². The van der Waals surface area contributed by atoms with Crippen molar-refractivity contribution in [2.24, 2.45) is 0 Å². The Bertz CT molecular complexity index is 1100. The zero-order chi connectivity index (χ0) is 21.1. The molecule has 1 aromatic heterocycles. The van der Waals surface area contributed by atoms with E-state index >= 15 is 0 Å². The molecule has 0 aliphatic carbocycles. The van der Waals surface area contributed by atoms with Crippen molar-refractivity contribution in [3.05, 3.63) is 82.4 Å². The molecule has 0 saturated carbocycles. The number of carbonyl (C=O) groups is 1. The highest BCUT2D eigenvalue weighted by atomic mass is 19.1. The third-order valence-electron chi connectivity index (χ3n) is 5.29. The third kappa shape index (κ3) is 4.40. The van der Waals surface area contributed by atoms with Crippen molar-refractivity contribution in [2.75, 3.05) is 31.1 Å². The summed E-state index contributed by atoms with van der Waals surface area (Å²) < 4.78 is 14.3. The van der Waals surface area contributed by atoms with Crippen molar-refractivity contribution in [3.8, 4) is 11.3 Å². The third-order valence-corrected chi connectivity index (χ3v) is 5.29. The molecule has 1 saturated heterocycles. The van der Waals surface area contributed by atoms with Gasteiger partial charge in [-0.25, -0.2) is 9.07 Å². The summed E-state index contributed by atoms with van der Waals surface area (Å²) in [6.45, 7) is 4.63. The predicted octanol–water partition coefficient (Wildman–Crippen LogP) is 2.71. The van der Waals surface area contributed by atoms with Crippen LogP contribution >= 0.6 is 0 Å². The summed E-state index contributed by atoms with van der Waals surface area (Å²) in [7, 11) is 0. The van der Waals surface area contributed by atoms with E-state index in [2.05, 4.69) is 35.1 Å². The first-order valence-corrected chi connectivity index (χ1v) is 9.93. The average molecular weight is 406 g/mol. The van der Waals surface area contributed by atoms with Crippen molar-refractivity contribution in [1.82, 2.24) is 14.7 Å². The van der Waals surface area contributed by atoms with Crippen molar-refractivity contribution < 1.29 is 9.18 Å². The highest BCUT2D eigenvalue weighted by Crippen LogP contribution is 2.18. The van der Waals surface area contributed by atoms with Gasteiger partial charge in [0.1, 0.15) is 12.4 Å². The molecule has 0 unspecified atom stereocenters. The van der Waals surface area contributed by atoms with Crippen LogP contribution in [0.25, 0.3) is 11.3 Å². The lowest BCUT2D eigenvalue weighted by molar-refractivity contribution is -0.132. The number of amides is 1. The molecule has 4 rings (SSSR count). The number of aryl methyl sites for hydroxylation is 1. The highest BCUT2D eigenvalue weighted by molar-refractivity contribution is 5.76. The van der Waals surface area contributed by atoms with Crippen LogP contribution in [0.1, 0.15) is 5.56 Å². The average Bonchev–Trinajstić information content (AvgIpc) is 2.76. The van der Waals surface area contributed by atoms with E-state index in [9.17, 15) is 14.0 Å². The van der Waals surface area contributed by atoms with Crippen molar-refractivity contribution in [2.45, 2.75) is 13.5 Å². The molecule has 30 heavy (non-hydrogen) atoms. The lowest BCUT2D eigenvalue weighted by atomic mass is 10.1. The van der Waals surface area contributed by atoms with E-state index in [4.69, 9.17) is 0 Å². The quantitative estimate of drug-likeness (QED) is 0.669. The fraction of sp³-hybridized carbons (Fsp3) is 0.261. The molecule has 2 aromatic carbocycles. The number of carbonyl (C=O) groups excluding carboxylic acids is 1. The summed E-state index contributed by atoms with van der Waals surface area (Å²) in [6, 6.07) is 17.2. The van der Waals surface area contributed by atoms with E-state index in [0.29, 0.717) is 24.3 Å². The van der Waals surface area contributed by atoms with Crippen molar-refractivity contribution in [1.29, 1.82) is 0 Å². The van der Waals surface area contributed by atoms with E-state index in [-0.39, 0.29) is 23.8 Å². The Morgan fingerprint density at radius 2 is 1.73 bits per heavy atom. The number of piperazine rings is 1. The van der Waals surface area contributed by atoms with Crippen molar-refractivity contribution >= 4 is 11.6 Å². The minimum Gasteiger partial charge on any atom is -0.368 e. The number of hydrogen-bond donors (Lipinski definition) is 0. The Morgan fingerprint density at radius 3 is 2.43 bits per heavy atom. The summed E-state index contributed by atoms with van der Waals surface area (Å²) in [4.78, 5) is 29.0. The summed E-state index contributed by atoms with van der Waals surface area (Å²) in [5.74, 6) is -0.475. The Kier molecular flexibility index (Phi) is 5.61. The SMILES string of the molecule is Cc1cccc(N2CCN(C(=O)Cn3nc(-c4ccc(F)cc4)ccc3=O)CC2)c1. The molecule has 0 atom stereocenters. The first-order valence-electron chi connectivity index (χ1n) is 9.93. The minimum absolute atomic E-state index is 0.113. The second kappa shape index (κ2) is 8.49. The Labute approximate surface area is 174 Å². The molecule has 0 bridgehead atoms. The standard InChI is InChI=1S/C23H23FN4O2/c1-17-3-2-4-20(15-17)26-11-13-27(14-12-26)23(30)16-28-22(29)10-9-21(25-28)18-5-7-19(24)8-6-18/h2-10,15H,11-14,16H2,1H3. The highest BCUT2D eigenvalue weighted by Gasteiger charge is 2.22. The second-order valence-corrected chi connectivity index (χ2v) is 7.43. The first kappa shape index (κ1) is 19.8. The summed E-state index contributed by atoms with van der Waals surface area (Å²) >= 11 is 0. The molecule has 1 aliphatic heterocycles. The van der Waals surface area contributed by atoms with Crippen LogP contribution in [-0.4, -0.2) is 46.8 Å². The molecule has 2 heterocycles. The number of hydrogen-bond acceptors (Lipinski definition) is 4. The molecular weight excluding hydrogens is 383 g/mol. The van der Waals surface area contributed by atoms with E-state index in [1.807, 2.05) is 6.07 Å². The molecule has 1 aliphatic rings. The monoisotopic (exact) mass is 406 g/mol. The van der Waals surface area contributed by atoms with E-state index in [0.717, 1.165) is 18.8 Å². The van der Waals surface area contributed by atoms with Gasteiger partial charge in [0.15, 0.2) is 0 Å². The minimum atomic E-state index is -0.341. The summed E-state index contributed by atoms with van der Waals surface area (Å²) in [5, 5.41) is 4.30. The van der Waals surface area contributed by atoms with E-state index in [1.54, 1.807) is 23.1 Å². The number of rotatable bonds is 4. The van der Waals surface area contributed by atoms with Crippen LogP contribution in [0.15, 0.2) is 65.5 Å². The van der Waals surface area contributed by atoms with Crippen LogP contribution in [0.2, 0.25) is 0 Å². The first-order chi connectivity index (χ1) is 14.5. The molecule has 1 fully saturated rings. The molecule has 1 amide bonds. The summed E-state index contributed by atoms with van der Waals surface area (Å²) in [5.41, 5.74) is 3.23. The van der Waals surface area contributed by atoms with Gasteiger partial charge in [-0.2, -0.15) is 5.10 Å². The lowest BCUT2D eigenvalue weighted by Crippen LogP contribution is -2.50. The Hall–Kier alpha value is -3.48. The summed E-state index contributed by atoms with van der Waals surface area (Å²) in [6.07, 6.45) is 0. The lowest BCUT2D eigenvalue weighted by Gasteiger charge is -2.36. The number of anilines is 1. The fourth-order valence-corrected chi connectivity index (χ4v) is 3.60. The number of halogens is 1. The maximum atomic E-state index is 13.2. The Balaban J connectivity index is 1.42. The van der Waals surface area contributed by atoms with Crippen LogP contribution in [0, 0.1) is 12.7 Å². The van der Waals surface area contributed by atoms with Gasteiger partial charge in [0.05, 0.1) is 5.69 Å². The maximum Gasteiger partial charge on any atom is 0.267 e. The molecule has 0 spiro atoms. The zero-order valence-corrected chi connectivity index (χ0v) is 16.8. The molecule has 0 radical (unpaired) electrons. The topological polar surface area (TPSA) is 58.4 Å². The zero-order valence-electron chi connectivity index (χ0n) is 16.8. The molecule has 7 heteroatoms. The number of nitrogens with zero attached hydrogens (tertiary/aromatic N) is 4. The van der Waals surface area contributed by atoms with Crippen molar-refractivity contribution in [3.63, 3.8) is 0 Å². The van der Waals surface area contributed by atoms with Crippen LogP contribution in [0.5, 0.6) is 0 Å².